The molecule has 2 aromatic rings. The van der Waals surface area contributed by atoms with Crippen LogP contribution in [0.4, 0.5) is 5.82 Å². The maximum absolute atomic E-state index is 5.87. The molecule has 1 aromatic heterocycles. The third-order valence-electron chi connectivity index (χ3n) is 2.40. The topological polar surface area (TPSA) is 48.1 Å². The normalized spacial score (nSPS) is 10.3. The first-order chi connectivity index (χ1) is 8.65. The van der Waals surface area contributed by atoms with Crippen molar-refractivity contribution < 1.29 is 4.74 Å². The minimum absolute atomic E-state index is 0.497. The van der Waals surface area contributed by atoms with Gasteiger partial charge in [-0.15, -0.1) is 0 Å². The lowest BCUT2D eigenvalue weighted by atomic mass is 10.2. The molecule has 0 aliphatic carbocycles. The molecule has 2 N–H and O–H groups in total. The molecule has 2 rings (SSSR count). The average molecular weight is 328 g/mol. The summed E-state index contributed by atoms with van der Waals surface area (Å²) < 4.78 is 6.62. The summed E-state index contributed by atoms with van der Waals surface area (Å²) in [5, 5.41) is 0.585. The van der Waals surface area contributed by atoms with Crippen molar-refractivity contribution >= 4 is 33.3 Å². The van der Waals surface area contributed by atoms with Crippen LogP contribution < -0.4 is 10.5 Å². The highest BCUT2D eigenvalue weighted by Gasteiger charge is 2.02. The molecule has 0 aliphatic heterocycles. The van der Waals surface area contributed by atoms with E-state index in [9.17, 15) is 0 Å². The molecule has 1 aromatic carbocycles. The van der Waals surface area contributed by atoms with E-state index in [0.717, 1.165) is 15.8 Å². The zero-order chi connectivity index (χ0) is 13.0. The molecule has 5 heteroatoms. The van der Waals surface area contributed by atoms with Gasteiger partial charge in [0.05, 0.1) is 11.6 Å². The molecule has 94 valence electrons. The number of hydrogen-bond donors (Lipinski definition) is 1. The monoisotopic (exact) mass is 326 g/mol. The zero-order valence-electron chi connectivity index (χ0n) is 9.57. The summed E-state index contributed by atoms with van der Waals surface area (Å²) in [6.45, 7) is 0.530. The van der Waals surface area contributed by atoms with Gasteiger partial charge in [-0.3, -0.25) is 0 Å². The molecule has 18 heavy (non-hydrogen) atoms. The second-order valence-electron chi connectivity index (χ2n) is 3.75. The van der Waals surface area contributed by atoms with Crippen LogP contribution in [0.3, 0.4) is 0 Å². The maximum Gasteiger partial charge on any atom is 0.126 e. The summed E-state index contributed by atoms with van der Waals surface area (Å²) in [6.07, 6.45) is 2.21. The Morgan fingerprint density at radius 1 is 1.33 bits per heavy atom. The molecule has 1 heterocycles. The van der Waals surface area contributed by atoms with Crippen molar-refractivity contribution in [1.29, 1.82) is 0 Å². The molecular formula is C13H12BrClN2O. The van der Waals surface area contributed by atoms with Crippen LogP contribution in [0.2, 0.25) is 5.02 Å². The molecule has 0 atom stereocenters. The quantitative estimate of drug-likeness (QED) is 0.931. The van der Waals surface area contributed by atoms with Gasteiger partial charge in [-0.2, -0.15) is 0 Å². The Morgan fingerprint density at radius 2 is 2.17 bits per heavy atom. The Morgan fingerprint density at radius 3 is 2.94 bits per heavy atom. The number of nitrogens with two attached hydrogens (primary N) is 1. The summed E-state index contributed by atoms with van der Waals surface area (Å²) in [6, 6.07) is 9.51. The van der Waals surface area contributed by atoms with Gasteiger partial charge in [0.15, 0.2) is 0 Å². The second-order valence-corrected chi connectivity index (χ2v) is 5.11. The molecule has 3 nitrogen and oxygen atoms in total. The lowest BCUT2D eigenvalue weighted by Gasteiger charge is -2.08. The van der Waals surface area contributed by atoms with Gasteiger partial charge >= 0.3 is 0 Å². The number of nitrogen functional groups attached to an aromatic ring is 1. The van der Waals surface area contributed by atoms with Gasteiger partial charge in [-0.1, -0.05) is 33.6 Å². The first kappa shape index (κ1) is 13.2. The maximum atomic E-state index is 5.87. The summed E-state index contributed by atoms with van der Waals surface area (Å²) in [4.78, 5) is 4.00. The highest BCUT2D eigenvalue weighted by molar-refractivity contribution is 9.10. The van der Waals surface area contributed by atoms with Gasteiger partial charge in [-0.25, -0.2) is 4.98 Å². The van der Waals surface area contributed by atoms with Crippen LogP contribution in [0, 0.1) is 0 Å². The zero-order valence-corrected chi connectivity index (χ0v) is 11.9. The number of anilines is 1. The van der Waals surface area contributed by atoms with Crippen molar-refractivity contribution in [3.63, 3.8) is 0 Å². The van der Waals surface area contributed by atoms with E-state index < -0.39 is 0 Å². The minimum atomic E-state index is 0.497. The van der Waals surface area contributed by atoms with Gasteiger partial charge in [0.1, 0.15) is 11.6 Å². The number of hydrogen-bond acceptors (Lipinski definition) is 3. The van der Waals surface area contributed by atoms with E-state index in [1.165, 1.54) is 6.20 Å². The molecule has 0 saturated carbocycles. The third kappa shape index (κ3) is 3.62. The van der Waals surface area contributed by atoms with Crippen molar-refractivity contribution in [2.75, 3.05) is 12.3 Å². The van der Waals surface area contributed by atoms with Crippen LogP contribution in [0.5, 0.6) is 5.75 Å². The van der Waals surface area contributed by atoms with Crippen molar-refractivity contribution in [1.82, 2.24) is 4.98 Å². The number of ether oxygens (including phenoxy) is 1. The van der Waals surface area contributed by atoms with Crippen molar-refractivity contribution in [2.24, 2.45) is 0 Å². The van der Waals surface area contributed by atoms with Crippen molar-refractivity contribution in [3.05, 3.63) is 51.6 Å². The lowest BCUT2D eigenvalue weighted by molar-refractivity contribution is 0.322. The number of pyridine rings is 1. The Bertz CT molecular complexity index is 548. The van der Waals surface area contributed by atoms with Crippen molar-refractivity contribution in [3.8, 4) is 5.75 Å². The summed E-state index contributed by atoms with van der Waals surface area (Å²) >= 11 is 9.26. The largest absolute Gasteiger partial charge is 0.493 e. The number of nitrogens with zero attached hydrogens (tertiary/aromatic N) is 1. The molecule has 0 amide bonds. The predicted molar refractivity (Wildman–Crippen MR) is 77.0 cm³/mol. The number of benzene rings is 1. The first-order valence-corrected chi connectivity index (χ1v) is 6.60. The molecule has 0 fully saturated rings. The van der Waals surface area contributed by atoms with Crippen LogP contribution in [-0.2, 0) is 6.42 Å². The fourth-order valence-electron chi connectivity index (χ4n) is 1.53. The minimum Gasteiger partial charge on any atom is -0.493 e. The van der Waals surface area contributed by atoms with Crippen LogP contribution in [0.15, 0.2) is 41.0 Å². The molecule has 0 unspecified atom stereocenters. The van der Waals surface area contributed by atoms with E-state index >= 15 is 0 Å². The smallest absolute Gasteiger partial charge is 0.126 e. The van der Waals surface area contributed by atoms with Gasteiger partial charge in [-0.05, 0) is 29.8 Å². The molecule has 0 saturated heterocycles. The fraction of sp³-hybridized carbons (Fsp3) is 0.154. The average Bonchev–Trinajstić information content (AvgIpc) is 2.34. The summed E-state index contributed by atoms with van der Waals surface area (Å²) in [5.74, 6) is 1.31. The van der Waals surface area contributed by atoms with Crippen LogP contribution in [-0.4, -0.2) is 11.6 Å². The number of halogens is 2. The summed E-state index contributed by atoms with van der Waals surface area (Å²) in [5.41, 5.74) is 6.66. The highest BCUT2D eigenvalue weighted by atomic mass is 79.9. The SMILES string of the molecule is Nc1ncc(Cl)cc1CCOc1cccc(Br)c1. The van der Waals surface area contributed by atoms with E-state index in [0.29, 0.717) is 23.9 Å². The first-order valence-electron chi connectivity index (χ1n) is 5.43. The van der Waals surface area contributed by atoms with Crippen molar-refractivity contribution in [2.45, 2.75) is 6.42 Å². The predicted octanol–water partition coefficient (Wildman–Crippen LogP) is 3.70. The Labute approximate surface area is 119 Å². The van der Waals surface area contributed by atoms with Gasteiger partial charge in [0.2, 0.25) is 0 Å². The van der Waals surface area contributed by atoms with Gasteiger partial charge in [0, 0.05) is 17.1 Å². The van der Waals surface area contributed by atoms with E-state index in [4.69, 9.17) is 22.1 Å². The van der Waals surface area contributed by atoms with Gasteiger partial charge in [0.25, 0.3) is 0 Å². The standard InChI is InChI=1S/C13H12BrClN2O/c14-10-2-1-3-12(7-10)18-5-4-9-6-11(15)8-17-13(9)16/h1-3,6-8H,4-5H2,(H2,16,17). The fourth-order valence-corrected chi connectivity index (χ4v) is 2.09. The molecule has 0 spiro atoms. The molecular weight excluding hydrogens is 316 g/mol. The second kappa shape index (κ2) is 6.07. The number of rotatable bonds is 4. The van der Waals surface area contributed by atoms with Gasteiger partial charge < -0.3 is 10.5 Å². The molecule has 0 radical (unpaired) electrons. The van der Waals surface area contributed by atoms with Crippen LogP contribution in [0.25, 0.3) is 0 Å². The molecule has 0 bridgehead atoms. The summed E-state index contributed by atoms with van der Waals surface area (Å²) in [7, 11) is 0. The van der Waals surface area contributed by atoms with E-state index in [2.05, 4.69) is 20.9 Å². The Balaban J connectivity index is 1.94. The third-order valence-corrected chi connectivity index (χ3v) is 3.10. The van der Waals surface area contributed by atoms with Crippen LogP contribution in [0.1, 0.15) is 5.56 Å². The van der Waals surface area contributed by atoms with E-state index in [1.54, 1.807) is 0 Å². The van der Waals surface area contributed by atoms with Crippen LogP contribution >= 0.6 is 27.5 Å². The Kier molecular flexibility index (Phi) is 4.44. The van der Waals surface area contributed by atoms with E-state index in [-0.39, 0.29) is 0 Å². The lowest BCUT2D eigenvalue weighted by Crippen LogP contribution is -2.05. The number of aromatic nitrogens is 1. The Hall–Kier alpha value is -1.26. The van der Waals surface area contributed by atoms with E-state index in [1.807, 2.05) is 30.3 Å². The molecule has 0 aliphatic rings. The highest BCUT2D eigenvalue weighted by Crippen LogP contribution is 2.19.